The van der Waals surface area contributed by atoms with E-state index in [-0.39, 0.29) is 5.56 Å². The van der Waals surface area contributed by atoms with E-state index >= 15 is 0 Å². The molecule has 0 aliphatic carbocycles. The van der Waals surface area contributed by atoms with Crippen LogP contribution >= 0.6 is 0 Å². The fourth-order valence-electron chi connectivity index (χ4n) is 2.27. The van der Waals surface area contributed by atoms with Crippen LogP contribution in [0.15, 0.2) is 30.3 Å². The number of amides is 1. The molecule has 4 nitrogen and oxygen atoms in total. The maximum atomic E-state index is 13.9. The summed E-state index contributed by atoms with van der Waals surface area (Å²) in [5.74, 6) is -0.987. The van der Waals surface area contributed by atoms with E-state index in [4.69, 9.17) is 0 Å². The first-order chi connectivity index (χ1) is 9.83. The number of benzene rings is 1. The Morgan fingerprint density at radius 2 is 1.95 bits per heavy atom. The van der Waals surface area contributed by atoms with Crippen LogP contribution in [-0.2, 0) is 7.05 Å². The van der Waals surface area contributed by atoms with Gasteiger partial charge in [-0.05, 0) is 6.92 Å². The van der Waals surface area contributed by atoms with Crippen molar-refractivity contribution in [1.82, 2.24) is 15.1 Å². The normalized spacial score (nSPS) is 11.5. The Kier molecular flexibility index (Phi) is 4.27. The molecule has 1 amide bonds. The summed E-state index contributed by atoms with van der Waals surface area (Å²) >= 11 is 0. The van der Waals surface area contributed by atoms with Crippen LogP contribution in [0.2, 0.25) is 13.1 Å². The number of nitrogens with one attached hydrogen (secondary N) is 1. The zero-order valence-corrected chi connectivity index (χ0v) is 13.8. The second kappa shape index (κ2) is 5.81. The second-order valence-corrected chi connectivity index (χ2v) is 10.5. The molecule has 0 aliphatic heterocycles. The largest absolute Gasteiger partial charge is 0.354 e. The number of hydrogen-bond donors (Lipinski definition) is 1. The minimum Gasteiger partial charge on any atom is -0.354 e. The van der Waals surface area contributed by atoms with Gasteiger partial charge in [0.25, 0.3) is 5.91 Å². The molecular weight excluding hydrogens is 285 g/mol. The molecule has 0 bridgehead atoms. The summed E-state index contributed by atoms with van der Waals surface area (Å²) in [6.45, 7) is 5.99. The van der Waals surface area contributed by atoms with Crippen molar-refractivity contribution in [2.45, 2.75) is 20.0 Å². The van der Waals surface area contributed by atoms with E-state index in [9.17, 15) is 9.18 Å². The van der Waals surface area contributed by atoms with E-state index in [1.807, 2.05) is 18.2 Å². The van der Waals surface area contributed by atoms with Gasteiger partial charge in [0.2, 0.25) is 5.95 Å². The molecule has 1 aromatic carbocycles. The third-order valence-corrected chi connectivity index (χ3v) is 6.58. The fraction of sp³-hybridized carbons (Fsp3) is 0.333. The Hall–Kier alpha value is -1.95. The Bertz CT molecular complexity index is 652. The lowest BCUT2D eigenvalue weighted by Gasteiger charge is -2.23. The minimum atomic E-state index is -1.78. The summed E-state index contributed by atoms with van der Waals surface area (Å²) in [5.41, 5.74) is 0.446. The van der Waals surface area contributed by atoms with Gasteiger partial charge in [-0.2, -0.15) is 9.49 Å². The number of carbonyl (C=O) groups is 1. The van der Waals surface area contributed by atoms with Crippen LogP contribution in [-0.4, -0.2) is 29.9 Å². The average molecular weight is 305 g/mol. The highest BCUT2D eigenvalue weighted by Crippen LogP contribution is 2.11. The van der Waals surface area contributed by atoms with Crippen LogP contribution in [0.1, 0.15) is 16.1 Å². The van der Waals surface area contributed by atoms with Crippen LogP contribution in [0.4, 0.5) is 4.39 Å². The summed E-state index contributed by atoms with van der Waals surface area (Å²) in [7, 11) is -0.297. The van der Waals surface area contributed by atoms with Crippen molar-refractivity contribution in [2.75, 3.05) is 6.17 Å². The van der Waals surface area contributed by atoms with E-state index in [0.29, 0.717) is 11.9 Å². The molecule has 0 unspecified atom stereocenters. The zero-order valence-electron chi connectivity index (χ0n) is 12.8. The highest BCUT2D eigenvalue weighted by Gasteiger charge is 2.26. The first kappa shape index (κ1) is 15.4. The van der Waals surface area contributed by atoms with Gasteiger partial charge in [0.05, 0.1) is 5.69 Å². The van der Waals surface area contributed by atoms with E-state index in [0.717, 1.165) is 4.68 Å². The van der Waals surface area contributed by atoms with Crippen LogP contribution in [0, 0.1) is 12.9 Å². The number of nitrogens with zero attached hydrogens (tertiary/aromatic N) is 2. The van der Waals surface area contributed by atoms with Crippen LogP contribution in [0.5, 0.6) is 0 Å². The Morgan fingerprint density at radius 1 is 1.33 bits per heavy atom. The molecular formula is C15H20FN3OSi. The lowest BCUT2D eigenvalue weighted by atomic mass is 10.2. The number of aryl methyl sites for hydroxylation is 2. The predicted octanol–water partition coefficient (Wildman–Crippen LogP) is 1.75. The quantitative estimate of drug-likeness (QED) is 0.875. The SMILES string of the molecule is Cc1nn(C)c(F)c1C(=O)NC[Si](C)(C)c1ccccc1. The standard InChI is InChI=1S/C15H20FN3OSi/c1-11-13(14(16)19(2)18-11)15(20)17-10-21(3,4)12-8-6-5-7-9-12/h5-9H,10H2,1-4H3,(H,17,20). The summed E-state index contributed by atoms with van der Waals surface area (Å²) in [5, 5.41) is 8.05. The third-order valence-electron chi connectivity index (χ3n) is 3.63. The van der Waals surface area contributed by atoms with Crippen LogP contribution in [0.25, 0.3) is 0 Å². The van der Waals surface area contributed by atoms with Gasteiger partial charge in [0, 0.05) is 13.2 Å². The first-order valence-corrected chi connectivity index (χ1v) is 10.1. The fourth-order valence-corrected chi connectivity index (χ4v) is 4.17. The number of halogens is 1. The number of aromatic nitrogens is 2. The van der Waals surface area contributed by atoms with Gasteiger partial charge in [-0.3, -0.25) is 4.79 Å². The molecule has 0 atom stereocenters. The van der Waals surface area contributed by atoms with E-state index < -0.39 is 19.9 Å². The smallest absolute Gasteiger partial charge is 0.257 e. The molecule has 2 aromatic rings. The summed E-state index contributed by atoms with van der Waals surface area (Å²) in [6, 6.07) is 10.1. The van der Waals surface area contributed by atoms with Gasteiger partial charge in [0.15, 0.2) is 0 Å². The van der Waals surface area contributed by atoms with Crippen LogP contribution in [0.3, 0.4) is 0 Å². The van der Waals surface area contributed by atoms with Crippen molar-refractivity contribution < 1.29 is 9.18 Å². The highest BCUT2D eigenvalue weighted by atomic mass is 28.3. The maximum Gasteiger partial charge on any atom is 0.257 e. The lowest BCUT2D eigenvalue weighted by Crippen LogP contribution is -2.51. The van der Waals surface area contributed by atoms with Gasteiger partial charge in [-0.25, -0.2) is 4.68 Å². The number of hydrogen-bond acceptors (Lipinski definition) is 2. The Morgan fingerprint density at radius 3 is 2.48 bits per heavy atom. The van der Waals surface area contributed by atoms with Crippen molar-refractivity contribution in [1.29, 1.82) is 0 Å². The molecule has 1 N–H and O–H groups in total. The van der Waals surface area contributed by atoms with Gasteiger partial charge >= 0.3 is 0 Å². The molecule has 6 heteroatoms. The minimum absolute atomic E-state index is 0.0374. The van der Waals surface area contributed by atoms with Crippen molar-refractivity contribution >= 4 is 19.2 Å². The molecule has 112 valence electrons. The number of carbonyl (C=O) groups excluding carboxylic acids is 1. The average Bonchev–Trinajstić information content (AvgIpc) is 2.71. The molecule has 2 rings (SSSR count). The molecule has 0 aliphatic rings. The summed E-state index contributed by atoms with van der Waals surface area (Å²) < 4.78 is 15.0. The molecule has 0 radical (unpaired) electrons. The molecule has 0 fully saturated rings. The monoisotopic (exact) mass is 305 g/mol. The van der Waals surface area contributed by atoms with Gasteiger partial charge < -0.3 is 5.32 Å². The molecule has 0 spiro atoms. The van der Waals surface area contributed by atoms with Crippen molar-refractivity contribution in [3.63, 3.8) is 0 Å². The van der Waals surface area contributed by atoms with Gasteiger partial charge in [-0.1, -0.05) is 48.6 Å². The molecule has 1 aromatic heterocycles. The van der Waals surface area contributed by atoms with Gasteiger partial charge in [0.1, 0.15) is 13.6 Å². The maximum absolute atomic E-state index is 13.9. The molecule has 0 saturated carbocycles. The van der Waals surface area contributed by atoms with E-state index in [1.54, 1.807) is 6.92 Å². The predicted molar refractivity (Wildman–Crippen MR) is 83.8 cm³/mol. The van der Waals surface area contributed by atoms with E-state index in [2.05, 4.69) is 35.6 Å². The highest BCUT2D eigenvalue weighted by molar-refractivity contribution is 6.90. The Balaban J connectivity index is 2.11. The number of rotatable bonds is 4. The molecule has 21 heavy (non-hydrogen) atoms. The van der Waals surface area contributed by atoms with Crippen LogP contribution < -0.4 is 10.5 Å². The zero-order chi connectivity index (χ0) is 15.6. The van der Waals surface area contributed by atoms with Crippen molar-refractivity contribution in [3.05, 3.63) is 47.5 Å². The Labute approximate surface area is 125 Å². The van der Waals surface area contributed by atoms with Crippen molar-refractivity contribution in [2.24, 2.45) is 7.05 Å². The summed E-state index contributed by atoms with van der Waals surface area (Å²) in [6.07, 6.45) is 0.559. The first-order valence-electron chi connectivity index (χ1n) is 6.86. The second-order valence-electron chi connectivity index (χ2n) is 5.81. The molecule has 1 heterocycles. The van der Waals surface area contributed by atoms with Crippen molar-refractivity contribution in [3.8, 4) is 0 Å². The topological polar surface area (TPSA) is 46.9 Å². The molecule has 0 saturated heterocycles. The third kappa shape index (κ3) is 3.21. The summed E-state index contributed by atoms with van der Waals surface area (Å²) in [4.78, 5) is 12.2. The van der Waals surface area contributed by atoms with E-state index in [1.165, 1.54) is 12.2 Å². The van der Waals surface area contributed by atoms with Gasteiger partial charge in [-0.15, -0.1) is 0 Å². The lowest BCUT2D eigenvalue weighted by molar-refractivity contribution is 0.0954.